The van der Waals surface area contributed by atoms with E-state index >= 15 is 0 Å². The molecule has 8 nitrogen and oxygen atoms in total. The third-order valence-corrected chi connectivity index (χ3v) is 6.25. The van der Waals surface area contributed by atoms with Crippen molar-refractivity contribution < 1.29 is 14.7 Å². The molecule has 3 aromatic rings. The van der Waals surface area contributed by atoms with Crippen LogP contribution in [0.4, 0.5) is 22.7 Å². The van der Waals surface area contributed by atoms with Crippen LogP contribution in [-0.2, 0) is 4.79 Å². The van der Waals surface area contributed by atoms with Crippen LogP contribution in [0.5, 0.6) is 0 Å². The maximum atomic E-state index is 12.0. The van der Waals surface area contributed by atoms with Crippen LogP contribution < -0.4 is 21.3 Å². The number of nitrogens with one attached hydrogen (secondary N) is 2. The van der Waals surface area contributed by atoms with Crippen molar-refractivity contribution in [2.75, 3.05) is 48.3 Å². The van der Waals surface area contributed by atoms with Crippen LogP contribution in [0.25, 0.3) is 0 Å². The molecule has 1 unspecified atom stereocenters. The minimum Gasteiger partial charge on any atom is -0.394 e. The zero-order valence-corrected chi connectivity index (χ0v) is 19.8. The molecule has 1 aliphatic rings. The summed E-state index contributed by atoms with van der Waals surface area (Å²) in [6.07, 6.45) is 0. The van der Waals surface area contributed by atoms with Crippen LogP contribution in [0, 0.1) is 0 Å². The number of benzene rings is 3. The van der Waals surface area contributed by atoms with Gasteiger partial charge >= 0.3 is 0 Å². The molecule has 3 aromatic carbocycles. The Hall–Kier alpha value is -4.04. The molecule has 1 fully saturated rings. The van der Waals surface area contributed by atoms with Crippen LogP contribution in [0.1, 0.15) is 28.9 Å². The lowest BCUT2D eigenvalue weighted by Crippen LogP contribution is -2.48. The Kier molecular flexibility index (Phi) is 7.52. The number of amides is 2. The molecule has 1 aliphatic heterocycles. The highest BCUT2D eigenvalue weighted by atomic mass is 16.3. The number of aliphatic hydroxyl groups excluding tert-OH is 1. The number of carbonyl (C=O) groups is 2. The topological polar surface area (TPSA) is 111 Å². The van der Waals surface area contributed by atoms with Gasteiger partial charge in [0.05, 0.1) is 18.2 Å². The zero-order chi connectivity index (χ0) is 24.8. The van der Waals surface area contributed by atoms with Gasteiger partial charge in [-0.15, -0.1) is 0 Å². The molecule has 4 rings (SSSR count). The fourth-order valence-corrected chi connectivity index (χ4v) is 4.27. The molecule has 1 heterocycles. The van der Waals surface area contributed by atoms with E-state index in [1.165, 1.54) is 0 Å². The lowest BCUT2D eigenvalue weighted by molar-refractivity contribution is -0.129. The van der Waals surface area contributed by atoms with Crippen LogP contribution >= 0.6 is 0 Å². The molecule has 0 aromatic heterocycles. The smallest absolute Gasteiger partial charge is 0.250 e. The first kappa shape index (κ1) is 24.1. The Morgan fingerprint density at radius 3 is 2.20 bits per heavy atom. The lowest BCUT2D eigenvalue weighted by atomic mass is 10.1. The van der Waals surface area contributed by atoms with E-state index in [9.17, 15) is 14.7 Å². The van der Waals surface area contributed by atoms with E-state index in [1.807, 2.05) is 53.4 Å². The first-order valence-corrected chi connectivity index (χ1v) is 11.7. The van der Waals surface area contributed by atoms with Crippen LogP contribution in [-0.4, -0.2) is 54.6 Å². The van der Waals surface area contributed by atoms with Gasteiger partial charge in [-0.25, -0.2) is 0 Å². The van der Waals surface area contributed by atoms with E-state index in [1.54, 1.807) is 19.1 Å². The molecule has 8 heteroatoms. The summed E-state index contributed by atoms with van der Waals surface area (Å²) in [6, 6.07) is 22.6. The summed E-state index contributed by atoms with van der Waals surface area (Å²) in [5.74, 6) is -0.424. The maximum Gasteiger partial charge on any atom is 0.250 e. The lowest BCUT2D eigenvalue weighted by Gasteiger charge is -2.35. The largest absolute Gasteiger partial charge is 0.394 e. The van der Waals surface area contributed by atoms with E-state index in [-0.39, 0.29) is 18.6 Å². The summed E-state index contributed by atoms with van der Waals surface area (Å²) in [5.41, 5.74) is 10.2. The fourth-order valence-electron chi connectivity index (χ4n) is 4.27. The van der Waals surface area contributed by atoms with Gasteiger partial charge in [0.1, 0.15) is 0 Å². The number of nitrogens with zero attached hydrogens (tertiary/aromatic N) is 2. The number of rotatable bonds is 8. The number of piperazine rings is 1. The van der Waals surface area contributed by atoms with E-state index in [2.05, 4.69) is 27.7 Å². The number of carbonyl (C=O) groups excluding carboxylic acids is 2. The van der Waals surface area contributed by atoms with Gasteiger partial charge in [-0.3, -0.25) is 9.59 Å². The molecule has 0 spiro atoms. The van der Waals surface area contributed by atoms with Crippen molar-refractivity contribution in [2.45, 2.75) is 13.0 Å². The van der Waals surface area contributed by atoms with Crippen LogP contribution in [0.15, 0.2) is 72.8 Å². The van der Waals surface area contributed by atoms with Crippen molar-refractivity contribution >= 4 is 34.6 Å². The second kappa shape index (κ2) is 10.9. The van der Waals surface area contributed by atoms with Crippen molar-refractivity contribution in [1.29, 1.82) is 0 Å². The van der Waals surface area contributed by atoms with Crippen molar-refractivity contribution in [2.24, 2.45) is 5.73 Å². The summed E-state index contributed by atoms with van der Waals surface area (Å²) >= 11 is 0. The quantitative estimate of drug-likeness (QED) is 0.399. The van der Waals surface area contributed by atoms with Gasteiger partial charge in [0, 0.05) is 55.9 Å². The number of hydrogen-bond acceptors (Lipinski definition) is 6. The van der Waals surface area contributed by atoms with Gasteiger partial charge in [0.15, 0.2) is 0 Å². The molecule has 35 heavy (non-hydrogen) atoms. The van der Waals surface area contributed by atoms with E-state index in [0.29, 0.717) is 11.3 Å². The maximum absolute atomic E-state index is 12.0. The Morgan fingerprint density at radius 2 is 1.60 bits per heavy atom. The number of aliphatic hydroxyl groups is 1. The Balaban J connectivity index is 1.47. The van der Waals surface area contributed by atoms with Crippen molar-refractivity contribution in [1.82, 2.24) is 4.90 Å². The van der Waals surface area contributed by atoms with Gasteiger partial charge in [-0.2, -0.15) is 0 Å². The molecule has 0 aliphatic carbocycles. The van der Waals surface area contributed by atoms with Gasteiger partial charge in [0.25, 0.3) is 5.91 Å². The fraction of sp³-hybridized carbons (Fsp3) is 0.259. The highest BCUT2D eigenvalue weighted by molar-refractivity contribution is 5.99. The minimum absolute atomic E-state index is 0.120. The SMILES string of the molecule is CC(=O)N1CCN(c2ccc(Nc3ccc(C(N)=O)c(NC(CO)c4ccccc4)c3)cc2)CC1. The third-order valence-electron chi connectivity index (χ3n) is 6.25. The minimum atomic E-state index is -0.543. The van der Waals surface area contributed by atoms with E-state index in [4.69, 9.17) is 5.73 Å². The van der Waals surface area contributed by atoms with Crippen molar-refractivity contribution in [3.63, 3.8) is 0 Å². The second-order valence-corrected chi connectivity index (χ2v) is 8.58. The standard InChI is InChI=1S/C27H31N5O3/c1-19(34)31-13-15-32(16-14-31)23-10-7-21(8-11-23)29-22-9-12-24(27(28)35)25(17-22)30-26(18-33)20-5-3-2-4-6-20/h2-12,17,26,29-30,33H,13-16,18H2,1H3,(H2,28,35). The molecule has 182 valence electrons. The molecule has 5 N–H and O–H groups in total. The average molecular weight is 474 g/mol. The van der Waals surface area contributed by atoms with Gasteiger partial charge in [0.2, 0.25) is 5.91 Å². The molecule has 1 atom stereocenters. The highest BCUT2D eigenvalue weighted by Crippen LogP contribution is 2.28. The average Bonchev–Trinajstić information content (AvgIpc) is 2.88. The number of nitrogens with two attached hydrogens (primary N) is 1. The Labute approximate surface area is 205 Å². The van der Waals surface area contributed by atoms with Crippen molar-refractivity contribution in [3.8, 4) is 0 Å². The molecule has 0 bridgehead atoms. The molecular formula is C27H31N5O3. The zero-order valence-electron chi connectivity index (χ0n) is 19.8. The van der Waals surface area contributed by atoms with E-state index < -0.39 is 5.91 Å². The predicted molar refractivity (Wildman–Crippen MR) is 139 cm³/mol. The van der Waals surface area contributed by atoms with Crippen molar-refractivity contribution in [3.05, 3.63) is 83.9 Å². The third kappa shape index (κ3) is 5.91. The summed E-state index contributed by atoms with van der Waals surface area (Å²) in [6.45, 7) is 4.55. The van der Waals surface area contributed by atoms with E-state index in [0.717, 1.165) is 48.8 Å². The first-order valence-electron chi connectivity index (χ1n) is 11.7. The number of anilines is 4. The van der Waals surface area contributed by atoms with Crippen LogP contribution in [0.2, 0.25) is 0 Å². The molecule has 0 radical (unpaired) electrons. The molecule has 1 saturated heterocycles. The Morgan fingerprint density at radius 1 is 0.943 bits per heavy atom. The highest BCUT2D eigenvalue weighted by Gasteiger charge is 2.19. The van der Waals surface area contributed by atoms with Gasteiger partial charge in [-0.1, -0.05) is 30.3 Å². The van der Waals surface area contributed by atoms with Gasteiger partial charge in [-0.05, 0) is 48.0 Å². The number of hydrogen-bond donors (Lipinski definition) is 4. The normalized spacial score (nSPS) is 14.3. The number of primary amides is 1. The molecule has 2 amide bonds. The summed E-state index contributed by atoms with van der Waals surface area (Å²) < 4.78 is 0. The summed E-state index contributed by atoms with van der Waals surface area (Å²) in [4.78, 5) is 27.7. The van der Waals surface area contributed by atoms with Crippen LogP contribution in [0.3, 0.4) is 0 Å². The molecular weight excluding hydrogens is 442 g/mol. The van der Waals surface area contributed by atoms with Gasteiger partial charge < -0.3 is 31.3 Å². The summed E-state index contributed by atoms with van der Waals surface area (Å²) in [5, 5.41) is 16.6. The second-order valence-electron chi connectivity index (χ2n) is 8.58. The summed E-state index contributed by atoms with van der Waals surface area (Å²) in [7, 11) is 0. The molecule has 0 saturated carbocycles. The monoisotopic (exact) mass is 473 g/mol. The predicted octanol–water partition coefficient (Wildman–Crippen LogP) is 3.34. The first-order chi connectivity index (χ1) is 16.9. The Bertz CT molecular complexity index is 1160.